The Bertz CT molecular complexity index is 662. The second-order valence-electron chi connectivity index (χ2n) is 3.98. The fourth-order valence-electron chi connectivity index (χ4n) is 1.75. The zero-order valence-corrected chi connectivity index (χ0v) is 13.0. The van der Waals surface area contributed by atoms with Crippen molar-refractivity contribution in [3.63, 3.8) is 0 Å². The molecule has 0 saturated carbocycles. The number of nitrogen functional groups attached to an aromatic ring is 1. The first-order valence-electron chi connectivity index (χ1n) is 5.72. The molecule has 0 fully saturated rings. The van der Waals surface area contributed by atoms with Crippen LogP contribution in [0.1, 0.15) is 10.4 Å². The van der Waals surface area contributed by atoms with Gasteiger partial charge in [-0.05, 0) is 40.2 Å². The monoisotopic (exact) mass is 354 g/mol. The lowest BCUT2D eigenvalue weighted by Crippen LogP contribution is -2.14. The van der Waals surface area contributed by atoms with Crippen molar-refractivity contribution >= 4 is 44.8 Å². The maximum Gasteiger partial charge on any atom is 0.259 e. The van der Waals surface area contributed by atoms with E-state index >= 15 is 0 Å². The van der Waals surface area contributed by atoms with Crippen LogP contribution in [0.3, 0.4) is 0 Å². The molecule has 0 radical (unpaired) electrons. The highest BCUT2D eigenvalue weighted by Crippen LogP contribution is 2.32. The maximum atomic E-state index is 12.3. The van der Waals surface area contributed by atoms with Gasteiger partial charge in [0.2, 0.25) is 0 Å². The Morgan fingerprint density at radius 3 is 2.70 bits per heavy atom. The lowest BCUT2D eigenvalue weighted by molar-refractivity contribution is 0.102. The van der Waals surface area contributed by atoms with Crippen LogP contribution in [-0.2, 0) is 0 Å². The second kappa shape index (κ2) is 6.15. The summed E-state index contributed by atoms with van der Waals surface area (Å²) in [5, 5.41) is 3.28. The lowest BCUT2D eigenvalue weighted by Gasteiger charge is -2.12. The fourth-order valence-corrected chi connectivity index (χ4v) is 2.29. The molecule has 2 aromatic carbocycles. The number of para-hydroxylation sites is 1. The summed E-state index contributed by atoms with van der Waals surface area (Å²) in [6, 6.07) is 10.2. The van der Waals surface area contributed by atoms with Crippen molar-refractivity contribution in [2.75, 3.05) is 18.2 Å². The van der Waals surface area contributed by atoms with Crippen molar-refractivity contribution in [3.8, 4) is 5.75 Å². The summed E-state index contributed by atoms with van der Waals surface area (Å²) in [6.07, 6.45) is 0. The van der Waals surface area contributed by atoms with E-state index in [-0.39, 0.29) is 5.91 Å². The Labute approximate surface area is 130 Å². The Hall–Kier alpha value is -1.72. The summed E-state index contributed by atoms with van der Waals surface area (Å²) in [5.74, 6) is 0.0280. The molecule has 2 rings (SSSR count). The van der Waals surface area contributed by atoms with Gasteiger partial charge in [0.1, 0.15) is 0 Å². The van der Waals surface area contributed by atoms with Gasteiger partial charge in [-0.2, -0.15) is 0 Å². The molecule has 0 bridgehead atoms. The van der Waals surface area contributed by atoms with Gasteiger partial charge in [0, 0.05) is 0 Å². The third-order valence-corrected chi connectivity index (χ3v) is 4.09. The van der Waals surface area contributed by atoms with Crippen molar-refractivity contribution in [1.29, 1.82) is 0 Å². The Morgan fingerprint density at radius 1 is 1.30 bits per heavy atom. The molecule has 0 spiro atoms. The molecule has 2 aromatic rings. The summed E-state index contributed by atoms with van der Waals surface area (Å²) in [7, 11) is 1.47. The minimum absolute atomic E-state index is 0.322. The largest absolute Gasteiger partial charge is 0.494 e. The maximum absolute atomic E-state index is 12.3. The van der Waals surface area contributed by atoms with Gasteiger partial charge >= 0.3 is 0 Å². The minimum atomic E-state index is -0.322. The van der Waals surface area contributed by atoms with E-state index in [1.807, 2.05) is 0 Å². The van der Waals surface area contributed by atoms with Crippen LogP contribution in [0.4, 0.5) is 11.4 Å². The van der Waals surface area contributed by atoms with E-state index in [2.05, 4.69) is 21.2 Å². The average molecular weight is 356 g/mol. The summed E-state index contributed by atoms with van der Waals surface area (Å²) in [5.41, 5.74) is 7.13. The van der Waals surface area contributed by atoms with Crippen molar-refractivity contribution in [1.82, 2.24) is 0 Å². The smallest absolute Gasteiger partial charge is 0.259 e. The van der Waals surface area contributed by atoms with Gasteiger partial charge in [0.15, 0.2) is 5.75 Å². The SMILES string of the molecule is COc1c(N)cccc1C(=O)Nc1cccc(Cl)c1Br. The zero-order valence-electron chi connectivity index (χ0n) is 10.6. The van der Waals surface area contributed by atoms with E-state index in [1.165, 1.54) is 7.11 Å². The number of carbonyl (C=O) groups is 1. The van der Waals surface area contributed by atoms with Crippen LogP contribution >= 0.6 is 27.5 Å². The number of hydrogen-bond donors (Lipinski definition) is 2. The number of rotatable bonds is 3. The standard InChI is InChI=1S/C14H12BrClN2O2/c1-20-13-8(4-2-6-10(13)17)14(19)18-11-7-3-5-9(16)12(11)15/h2-7H,17H2,1H3,(H,18,19). The predicted octanol–water partition coefficient (Wildman–Crippen LogP) is 3.95. The van der Waals surface area contributed by atoms with Crippen molar-refractivity contribution in [2.45, 2.75) is 0 Å². The first kappa shape index (κ1) is 14.7. The van der Waals surface area contributed by atoms with Crippen molar-refractivity contribution < 1.29 is 9.53 Å². The molecule has 0 atom stereocenters. The van der Waals surface area contributed by atoms with Crippen LogP contribution in [0.25, 0.3) is 0 Å². The molecule has 6 heteroatoms. The second-order valence-corrected chi connectivity index (χ2v) is 5.18. The molecule has 0 aliphatic carbocycles. The van der Waals surface area contributed by atoms with Crippen molar-refractivity contribution in [3.05, 3.63) is 51.5 Å². The van der Waals surface area contributed by atoms with Gasteiger partial charge in [-0.3, -0.25) is 4.79 Å². The fraction of sp³-hybridized carbons (Fsp3) is 0.0714. The number of nitrogens with two attached hydrogens (primary N) is 1. The minimum Gasteiger partial charge on any atom is -0.494 e. The highest BCUT2D eigenvalue weighted by molar-refractivity contribution is 9.10. The van der Waals surface area contributed by atoms with Crippen LogP contribution in [-0.4, -0.2) is 13.0 Å². The highest BCUT2D eigenvalue weighted by Gasteiger charge is 2.16. The Morgan fingerprint density at radius 2 is 2.00 bits per heavy atom. The number of anilines is 2. The van der Waals surface area contributed by atoms with Gasteiger partial charge in [-0.1, -0.05) is 23.7 Å². The number of ether oxygens (including phenoxy) is 1. The molecule has 0 aliphatic heterocycles. The molecule has 0 aliphatic rings. The number of carbonyl (C=O) groups excluding carboxylic acids is 1. The molecule has 1 amide bonds. The van der Waals surface area contributed by atoms with E-state index in [4.69, 9.17) is 22.1 Å². The highest BCUT2D eigenvalue weighted by atomic mass is 79.9. The van der Waals surface area contributed by atoms with Gasteiger partial charge in [-0.15, -0.1) is 0 Å². The molecular formula is C14H12BrClN2O2. The van der Waals surface area contributed by atoms with Gasteiger partial charge in [0.05, 0.1) is 33.5 Å². The molecular weight excluding hydrogens is 344 g/mol. The Balaban J connectivity index is 2.34. The number of benzene rings is 2. The molecule has 0 saturated heterocycles. The van der Waals surface area contributed by atoms with Crippen LogP contribution in [0.5, 0.6) is 5.75 Å². The van der Waals surface area contributed by atoms with E-state index in [1.54, 1.807) is 36.4 Å². The van der Waals surface area contributed by atoms with Crippen LogP contribution < -0.4 is 15.8 Å². The van der Waals surface area contributed by atoms with Crippen LogP contribution in [0.15, 0.2) is 40.9 Å². The number of nitrogens with one attached hydrogen (secondary N) is 1. The average Bonchev–Trinajstić information content (AvgIpc) is 2.43. The van der Waals surface area contributed by atoms with E-state index in [9.17, 15) is 4.79 Å². The molecule has 3 N–H and O–H groups in total. The number of amides is 1. The summed E-state index contributed by atoms with van der Waals surface area (Å²) >= 11 is 9.31. The molecule has 4 nitrogen and oxygen atoms in total. The van der Waals surface area contributed by atoms with Crippen LogP contribution in [0, 0.1) is 0 Å². The quantitative estimate of drug-likeness (QED) is 0.820. The third kappa shape index (κ3) is 2.89. The zero-order chi connectivity index (χ0) is 14.7. The molecule has 0 aromatic heterocycles. The number of methoxy groups -OCH3 is 1. The molecule has 20 heavy (non-hydrogen) atoms. The summed E-state index contributed by atoms with van der Waals surface area (Å²) in [6.45, 7) is 0. The molecule has 104 valence electrons. The predicted molar refractivity (Wildman–Crippen MR) is 84.5 cm³/mol. The van der Waals surface area contributed by atoms with Gasteiger partial charge < -0.3 is 15.8 Å². The van der Waals surface area contributed by atoms with Crippen molar-refractivity contribution in [2.24, 2.45) is 0 Å². The molecule has 0 heterocycles. The van der Waals surface area contributed by atoms with Crippen LogP contribution in [0.2, 0.25) is 5.02 Å². The first-order valence-corrected chi connectivity index (χ1v) is 6.89. The topological polar surface area (TPSA) is 64.3 Å². The first-order chi connectivity index (χ1) is 9.54. The van der Waals surface area contributed by atoms with E-state index in [0.29, 0.717) is 32.2 Å². The Kier molecular flexibility index (Phi) is 4.52. The lowest BCUT2D eigenvalue weighted by atomic mass is 10.1. The summed E-state index contributed by atoms with van der Waals surface area (Å²) < 4.78 is 5.79. The van der Waals surface area contributed by atoms with E-state index in [0.717, 1.165) is 0 Å². The van der Waals surface area contributed by atoms with Gasteiger partial charge in [0.25, 0.3) is 5.91 Å². The van der Waals surface area contributed by atoms with Gasteiger partial charge in [-0.25, -0.2) is 0 Å². The van der Waals surface area contributed by atoms with E-state index < -0.39 is 0 Å². The normalized spacial score (nSPS) is 10.2. The summed E-state index contributed by atoms with van der Waals surface area (Å²) in [4.78, 5) is 12.3. The number of halogens is 2. The third-order valence-electron chi connectivity index (χ3n) is 2.69. The number of hydrogen-bond acceptors (Lipinski definition) is 3. The molecule has 0 unspecified atom stereocenters.